The van der Waals surface area contributed by atoms with Gasteiger partial charge in [-0.15, -0.1) is 0 Å². The molecule has 1 heterocycles. The summed E-state index contributed by atoms with van der Waals surface area (Å²) in [7, 11) is 0. The first-order valence-corrected chi connectivity index (χ1v) is 13.1. The molecule has 3 rings (SSSR count). The number of nitrogens with zero attached hydrogens (tertiary/aromatic N) is 2. The highest BCUT2D eigenvalue weighted by atomic mass is 14.9. The molecule has 1 aromatic carbocycles. The van der Waals surface area contributed by atoms with Crippen LogP contribution in [0.4, 0.5) is 0 Å². The second-order valence-electron chi connectivity index (χ2n) is 9.84. The Balaban J connectivity index is 1.52. The molecule has 31 heavy (non-hydrogen) atoms. The molecule has 0 saturated heterocycles. The van der Waals surface area contributed by atoms with Gasteiger partial charge in [-0.05, 0) is 67.6 Å². The zero-order chi connectivity index (χ0) is 21.9. The van der Waals surface area contributed by atoms with E-state index in [4.69, 9.17) is 0 Å². The lowest BCUT2D eigenvalue weighted by atomic mass is 9.76. The van der Waals surface area contributed by atoms with E-state index in [-0.39, 0.29) is 0 Å². The number of aromatic nitrogens is 2. The Bertz CT molecular complexity index is 757. The highest BCUT2D eigenvalue weighted by Gasteiger charge is 2.23. The van der Waals surface area contributed by atoms with Gasteiger partial charge in [-0.2, -0.15) is 0 Å². The summed E-state index contributed by atoms with van der Waals surface area (Å²) in [6.45, 7) is 6.85. The highest BCUT2D eigenvalue weighted by Crippen LogP contribution is 2.39. The van der Waals surface area contributed by atoms with Crippen molar-refractivity contribution in [2.45, 2.75) is 117 Å². The van der Waals surface area contributed by atoms with Crippen molar-refractivity contribution in [3.8, 4) is 11.1 Å². The number of hydrogen-bond donors (Lipinski definition) is 0. The third kappa shape index (κ3) is 7.44. The molecule has 0 atom stereocenters. The maximum Gasteiger partial charge on any atom is 0.128 e. The maximum absolute atomic E-state index is 4.64. The summed E-state index contributed by atoms with van der Waals surface area (Å²) in [4.78, 5) is 9.29. The molecule has 2 heteroatoms. The minimum absolute atomic E-state index is 0.753. The summed E-state index contributed by atoms with van der Waals surface area (Å²) in [5, 5.41) is 0. The lowest BCUT2D eigenvalue weighted by Crippen LogP contribution is -2.14. The average molecular weight is 421 g/mol. The topological polar surface area (TPSA) is 25.8 Å². The maximum atomic E-state index is 4.64. The molecule has 0 aliphatic heterocycles. The standard InChI is InChI=1S/C29H44N2/c1-4-6-8-9-11-13-29-30-21-27(22-31-29)26-18-19-28(23(3)20-26)25-16-14-24(15-17-25)12-10-7-5-2/h18-22,24-25H,4-17H2,1-3H3/t24-,25-. The summed E-state index contributed by atoms with van der Waals surface area (Å²) in [5.41, 5.74) is 5.40. The van der Waals surface area contributed by atoms with Crippen molar-refractivity contribution >= 4 is 0 Å². The highest BCUT2D eigenvalue weighted by molar-refractivity contribution is 5.63. The van der Waals surface area contributed by atoms with Crippen LogP contribution in [0.1, 0.15) is 120 Å². The molecule has 0 N–H and O–H groups in total. The van der Waals surface area contributed by atoms with Crippen LogP contribution in [0.15, 0.2) is 30.6 Å². The van der Waals surface area contributed by atoms with Crippen molar-refractivity contribution in [2.75, 3.05) is 0 Å². The predicted molar refractivity (Wildman–Crippen MR) is 134 cm³/mol. The minimum Gasteiger partial charge on any atom is -0.241 e. The number of rotatable bonds is 12. The van der Waals surface area contributed by atoms with Crippen LogP contribution in [-0.4, -0.2) is 9.97 Å². The van der Waals surface area contributed by atoms with E-state index in [1.807, 2.05) is 12.4 Å². The summed E-state index contributed by atoms with van der Waals surface area (Å²) in [5.74, 6) is 2.72. The molecule has 1 aliphatic carbocycles. The molecule has 0 radical (unpaired) electrons. The van der Waals surface area contributed by atoms with Gasteiger partial charge in [0.05, 0.1) is 0 Å². The van der Waals surface area contributed by atoms with Gasteiger partial charge in [0, 0.05) is 24.4 Å². The van der Waals surface area contributed by atoms with Crippen molar-refractivity contribution in [3.63, 3.8) is 0 Å². The largest absolute Gasteiger partial charge is 0.241 e. The molecular formula is C29H44N2. The summed E-state index contributed by atoms with van der Waals surface area (Å²) in [6.07, 6.45) is 22.7. The molecule has 0 bridgehead atoms. The second-order valence-corrected chi connectivity index (χ2v) is 9.84. The first-order valence-electron chi connectivity index (χ1n) is 13.1. The van der Waals surface area contributed by atoms with Crippen LogP contribution in [0, 0.1) is 12.8 Å². The molecule has 2 nitrogen and oxygen atoms in total. The fourth-order valence-electron chi connectivity index (χ4n) is 5.28. The third-order valence-corrected chi connectivity index (χ3v) is 7.31. The van der Waals surface area contributed by atoms with E-state index in [1.165, 1.54) is 94.6 Å². The Morgan fingerprint density at radius 3 is 2.13 bits per heavy atom. The van der Waals surface area contributed by atoms with Crippen LogP contribution >= 0.6 is 0 Å². The molecule has 1 aliphatic rings. The van der Waals surface area contributed by atoms with Gasteiger partial charge >= 0.3 is 0 Å². The lowest BCUT2D eigenvalue weighted by molar-refractivity contribution is 0.302. The van der Waals surface area contributed by atoms with Crippen molar-refractivity contribution in [2.24, 2.45) is 5.92 Å². The van der Waals surface area contributed by atoms with Crippen molar-refractivity contribution < 1.29 is 0 Å². The van der Waals surface area contributed by atoms with E-state index in [9.17, 15) is 0 Å². The van der Waals surface area contributed by atoms with E-state index < -0.39 is 0 Å². The van der Waals surface area contributed by atoms with Crippen LogP contribution in [0.3, 0.4) is 0 Å². The molecule has 1 aromatic heterocycles. The van der Waals surface area contributed by atoms with Gasteiger partial charge in [-0.3, -0.25) is 0 Å². The smallest absolute Gasteiger partial charge is 0.128 e. The van der Waals surface area contributed by atoms with Gasteiger partial charge in [-0.1, -0.05) is 83.4 Å². The fraction of sp³-hybridized carbons (Fsp3) is 0.655. The average Bonchev–Trinajstić information content (AvgIpc) is 2.80. The second kappa shape index (κ2) is 13.0. The van der Waals surface area contributed by atoms with E-state index in [0.29, 0.717) is 0 Å². The van der Waals surface area contributed by atoms with Gasteiger partial charge < -0.3 is 0 Å². The van der Waals surface area contributed by atoms with E-state index >= 15 is 0 Å². The molecule has 0 unspecified atom stereocenters. The molecule has 1 fully saturated rings. The summed E-state index contributed by atoms with van der Waals surface area (Å²) in [6, 6.07) is 7.03. The van der Waals surface area contributed by atoms with Crippen molar-refractivity contribution in [1.82, 2.24) is 9.97 Å². The fourth-order valence-corrected chi connectivity index (χ4v) is 5.28. The molecule has 1 saturated carbocycles. The minimum atomic E-state index is 0.753. The van der Waals surface area contributed by atoms with Gasteiger partial charge in [-0.25, -0.2) is 9.97 Å². The molecule has 170 valence electrons. The van der Waals surface area contributed by atoms with Gasteiger partial charge in [0.1, 0.15) is 5.82 Å². The van der Waals surface area contributed by atoms with Gasteiger partial charge in [0.15, 0.2) is 0 Å². The Morgan fingerprint density at radius 2 is 1.45 bits per heavy atom. The number of hydrogen-bond acceptors (Lipinski definition) is 2. The molecular weight excluding hydrogens is 376 g/mol. The SMILES string of the molecule is CCCCCCCc1ncc(-c2ccc([C@H]3CC[C@H](CCCCC)CC3)c(C)c2)cn1. The number of benzene rings is 1. The zero-order valence-corrected chi connectivity index (χ0v) is 20.3. The summed E-state index contributed by atoms with van der Waals surface area (Å²) >= 11 is 0. The van der Waals surface area contributed by atoms with Gasteiger partial charge in [0.2, 0.25) is 0 Å². The third-order valence-electron chi connectivity index (χ3n) is 7.31. The van der Waals surface area contributed by atoms with Crippen molar-refractivity contribution in [3.05, 3.63) is 47.5 Å². The predicted octanol–water partition coefficient (Wildman–Crippen LogP) is 8.82. The van der Waals surface area contributed by atoms with E-state index in [2.05, 4.69) is 48.9 Å². The number of aryl methyl sites for hydroxylation is 2. The van der Waals surface area contributed by atoms with Gasteiger partial charge in [0.25, 0.3) is 0 Å². The van der Waals surface area contributed by atoms with Crippen LogP contribution in [0.2, 0.25) is 0 Å². The Kier molecular flexibility index (Phi) is 10.0. The molecule has 0 amide bonds. The van der Waals surface area contributed by atoms with Crippen LogP contribution in [0.25, 0.3) is 11.1 Å². The van der Waals surface area contributed by atoms with Crippen LogP contribution < -0.4 is 0 Å². The molecule has 0 spiro atoms. The summed E-state index contributed by atoms with van der Waals surface area (Å²) < 4.78 is 0. The zero-order valence-electron chi connectivity index (χ0n) is 20.3. The number of unbranched alkanes of at least 4 members (excludes halogenated alkanes) is 6. The normalized spacial score (nSPS) is 18.9. The van der Waals surface area contributed by atoms with E-state index in [0.717, 1.165) is 29.6 Å². The first-order chi connectivity index (χ1) is 15.2. The van der Waals surface area contributed by atoms with Crippen LogP contribution in [-0.2, 0) is 6.42 Å². The monoisotopic (exact) mass is 420 g/mol. The van der Waals surface area contributed by atoms with E-state index in [1.54, 1.807) is 5.56 Å². The quantitative estimate of drug-likeness (QED) is 0.320. The Hall–Kier alpha value is -1.70. The molecule has 2 aromatic rings. The van der Waals surface area contributed by atoms with Crippen LogP contribution in [0.5, 0.6) is 0 Å². The first kappa shape index (κ1) is 24.0. The van der Waals surface area contributed by atoms with Crippen molar-refractivity contribution in [1.29, 1.82) is 0 Å². The Morgan fingerprint density at radius 1 is 0.774 bits per heavy atom. The Labute approximate surface area is 191 Å². The lowest BCUT2D eigenvalue weighted by Gasteiger charge is -2.30.